The maximum atomic E-state index is 13.1. The van der Waals surface area contributed by atoms with Gasteiger partial charge in [0.05, 0.1) is 21.1 Å². The molecule has 0 bridgehead atoms. The molecule has 1 amide bonds. The van der Waals surface area contributed by atoms with Crippen molar-refractivity contribution in [3.63, 3.8) is 0 Å². The van der Waals surface area contributed by atoms with E-state index in [4.69, 9.17) is 0 Å². The maximum Gasteiger partial charge on any atom is 0.416 e. The molecule has 0 aliphatic heterocycles. The van der Waals surface area contributed by atoms with Crippen molar-refractivity contribution >= 4 is 28.7 Å². The van der Waals surface area contributed by atoms with Crippen LogP contribution in [0.2, 0.25) is 0 Å². The number of benzene rings is 2. The van der Waals surface area contributed by atoms with Crippen molar-refractivity contribution in [2.45, 2.75) is 19.5 Å². The average Bonchev–Trinajstić information content (AvgIpc) is 2.70. The smallest absolute Gasteiger partial charge is 0.271 e. The Morgan fingerprint density at radius 2 is 1.60 bits per heavy atom. The lowest BCUT2D eigenvalue weighted by molar-refractivity contribution is -0.393. The normalized spacial score (nSPS) is 11.1. The average molecular weight is 429 g/mol. The van der Waals surface area contributed by atoms with Crippen LogP contribution >= 0.6 is 0 Å². The van der Waals surface area contributed by atoms with E-state index >= 15 is 0 Å². The SMILES string of the molecule is CCC(=O)N(O)NN(c1ccccc1)c1c([N+](=O)[O-])cc(C(F)(F)F)cc1[N+](=O)[O-]. The van der Waals surface area contributed by atoms with Crippen LogP contribution in [0.5, 0.6) is 0 Å². The summed E-state index contributed by atoms with van der Waals surface area (Å²) in [5, 5.41) is 33.4. The minimum Gasteiger partial charge on any atom is -0.271 e. The second kappa shape index (κ2) is 8.71. The van der Waals surface area contributed by atoms with Gasteiger partial charge in [-0.2, -0.15) is 13.2 Å². The largest absolute Gasteiger partial charge is 0.416 e. The van der Waals surface area contributed by atoms with Gasteiger partial charge in [-0.15, -0.1) is 10.7 Å². The van der Waals surface area contributed by atoms with Crippen LogP contribution in [0.4, 0.5) is 35.9 Å². The number of alkyl halides is 3. The number of rotatable bonds is 7. The zero-order valence-electron chi connectivity index (χ0n) is 15.2. The fraction of sp³-hybridized carbons (Fsp3) is 0.188. The van der Waals surface area contributed by atoms with Gasteiger partial charge in [0.1, 0.15) is 0 Å². The van der Waals surface area contributed by atoms with Crippen molar-refractivity contribution in [2.24, 2.45) is 0 Å². The summed E-state index contributed by atoms with van der Waals surface area (Å²) < 4.78 is 39.4. The third kappa shape index (κ3) is 4.79. The third-order valence-electron chi connectivity index (χ3n) is 3.76. The van der Waals surface area contributed by atoms with E-state index < -0.39 is 44.6 Å². The number of halogens is 3. The Morgan fingerprint density at radius 1 is 1.10 bits per heavy atom. The Bertz CT molecular complexity index is 935. The molecule has 2 aromatic carbocycles. The van der Waals surface area contributed by atoms with Crippen LogP contribution in [0.25, 0.3) is 0 Å². The van der Waals surface area contributed by atoms with Gasteiger partial charge in [0.25, 0.3) is 5.91 Å². The van der Waals surface area contributed by atoms with Gasteiger partial charge in [-0.1, -0.05) is 25.1 Å². The molecule has 160 valence electrons. The highest BCUT2D eigenvalue weighted by molar-refractivity contribution is 5.82. The highest BCUT2D eigenvalue weighted by Gasteiger charge is 2.40. The molecule has 0 aliphatic carbocycles. The number of nitrogens with one attached hydrogen (secondary N) is 1. The van der Waals surface area contributed by atoms with Gasteiger partial charge in [0, 0.05) is 18.6 Å². The van der Waals surface area contributed by atoms with E-state index in [-0.39, 0.29) is 29.4 Å². The second-order valence-electron chi connectivity index (χ2n) is 5.71. The molecule has 11 nitrogen and oxygen atoms in total. The van der Waals surface area contributed by atoms with E-state index in [0.29, 0.717) is 5.01 Å². The fourth-order valence-electron chi connectivity index (χ4n) is 2.39. The first-order chi connectivity index (χ1) is 14.0. The number of para-hydroxylation sites is 1. The summed E-state index contributed by atoms with van der Waals surface area (Å²) in [6.07, 6.45) is -5.32. The summed E-state index contributed by atoms with van der Waals surface area (Å²) in [4.78, 5) is 32.2. The molecule has 2 N–H and O–H groups in total. The minimum atomic E-state index is -5.10. The summed E-state index contributed by atoms with van der Waals surface area (Å²) in [7, 11) is 0. The number of nitro groups is 2. The van der Waals surface area contributed by atoms with Crippen LogP contribution in [-0.4, -0.2) is 26.1 Å². The second-order valence-corrected chi connectivity index (χ2v) is 5.71. The van der Waals surface area contributed by atoms with Gasteiger partial charge in [-0.25, -0.2) is 5.01 Å². The highest BCUT2D eigenvalue weighted by atomic mass is 19.4. The Labute approximate surface area is 166 Å². The van der Waals surface area contributed by atoms with Gasteiger partial charge in [0.2, 0.25) is 5.69 Å². The van der Waals surface area contributed by atoms with E-state index in [1.54, 1.807) is 0 Å². The van der Waals surface area contributed by atoms with Crippen LogP contribution in [0.1, 0.15) is 18.9 Å². The molecule has 0 saturated heterocycles. The molecule has 2 rings (SSSR count). The molecule has 14 heteroatoms. The number of hydrogen-bond donors (Lipinski definition) is 2. The van der Waals surface area contributed by atoms with Crippen molar-refractivity contribution < 1.29 is 33.0 Å². The number of hydrogen-bond acceptors (Lipinski definition) is 8. The van der Waals surface area contributed by atoms with Gasteiger partial charge < -0.3 is 0 Å². The van der Waals surface area contributed by atoms with Crippen molar-refractivity contribution in [1.29, 1.82) is 0 Å². The third-order valence-corrected chi connectivity index (χ3v) is 3.76. The molecular weight excluding hydrogens is 415 g/mol. The number of hydroxylamine groups is 1. The lowest BCUT2D eigenvalue weighted by Gasteiger charge is -2.28. The van der Waals surface area contributed by atoms with Gasteiger partial charge in [0.15, 0.2) is 0 Å². The molecule has 0 unspecified atom stereocenters. The Balaban J connectivity index is 2.83. The van der Waals surface area contributed by atoms with Crippen LogP contribution in [0, 0.1) is 20.2 Å². The lowest BCUT2D eigenvalue weighted by atomic mass is 10.1. The van der Waals surface area contributed by atoms with E-state index in [2.05, 4.69) is 0 Å². The number of amides is 1. The van der Waals surface area contributed by atoms with Gasteiger partial charge >= 0.3 is 17.6 Å². The van der Waals surface area contributed by atoms with Crippen molar-refractivity contribution in [3.05, 3.63) is 68.3 Å². The predicted molar refractivity (Wildman–Crippen MR) is 95.4 cm³/mol. The first kappa shape index (κ1) is 22.5. The summed E-state index contributed by atoms with van der Waals surface area (Å²) in [6.45, 7) is 1.38. The molecule has 0 fully saturated rings. The minimum absolute atomic E-state index is 0.0496. The standard InChI is InChI=1S/C16H14F3N5O6/c1-2-14(25)22(26)20-21(11-6-4-3-5-7-11)15-12(23(27)28)8-10(16(17,18)19)9-13(15)24(29)30/h3-9,20,26H,2H2,1H3. The first-order valence-corrected chi connectivity index (χ1v) is 8.14. The number of carbonyl (C=O) groups excluding carboxylic acids is 1. The molecule has 0 aromatic heterocycles. The summed E-state index contributed by atoms with van der Waals surface area (Å²) in [5.74, 6) is -0.923. The predicted octanol–water partition coefficient (Wildman–Crippen LogP) is 3.71. The first-order valence-electron chi connectivity index (χ1n) is 8.14. The van der Waals surface area contributed by atoms with E-state index in [0.717, 1.165) is 0 Å². The quantitative estimate of drug-likeness (QED) is 0.385. The van der Waals surface area contributed by atoms with E-state index in [9.17, 15) is 43.4 Å². The number of hydrazine groups is 2. The fourth-order valence-corrected chi connectivity index (χ4v) is 2.39. The molecule has 2 aromatic rings. The van der Waals surface area contributed by atoms with Gasteiger partial charge in [-0.05, 0) is 12.1 Å². The van der Waals surface area contributed by atoms with E-state index in [1.807, 2.05) is 5.53 Å². The van der Waals surface area contributed by atoms with Crippen LogP contribution in [0.15, 0.2) is 42.5 Å². The number of nitrogens with zero attached hydrogens (tertiary/aromatic N) is 4. The maximum absolute atomic E-state index is 13.1. The molecule has 0 radical (unpaired) electrons. The molecule has 0 atom stereocenters. The molecule has 0 heterocycles. The summed E-state index contributed by atoms with van der Waals surface area (Å²) in [5.41, 5.74) is -3.10. The van der Waals surface area contributed by atoms with Crippen LogP contribution in [-0.2, 0) is 11.0 Å². The summed E-state index contributed by atoms with van der Waals surface area (Å²) in [6, 6.07) is 7.23. The Hall–Kier alpha value is -3.78. The molecular formula is C16H14F3N5O6. The monoisotopic (exact) mass is 429 g/mol. The zero-order chi connectivity index (χ0) is 22.6. The lowest BCUT2D eigenvalue weighted by Crippen LogP contribution is -2.49. The van der Waals surface area contributed by atoms with Crippen molar-refractivity contribution in [2.75, 3.05) is 5.01 Å². The zero-order valence-corrected chi connectivity index (χ0v) is 15.2. The van der Waals surface area contributed by atoms with Crippen LogP contribution in [0.3, 0.4) is 0 Å². The molecule has 0 spiro atoms. The Morgan fingerprint density at radius 3 is 2.00 bits per heavy atom. The van der Waals surface area contributed by atoms with Crippen LogP contribution < -0.4 is 10.5 Å². The molecule has 0 aliphatic rings. The van der Waals surface area contributed by atoms with Crippen molar-refractivity contribution in [1.82, 2.24) is 10.7 Å². The topological polar surface area (TPSA) is 142 Å². The number of carbonyl (C=O) groups is 1. The molecule has 30 heavy (non-hydrogen) atoms. The van der Waals surface area contributed by atoms with E-state index in [1.165, 1.54) is 37.3 Å². The highest BCUT2D eigenvalue weighted by Crippen LogP contribution is 2.44. The number of nitro benzene ring substituents is 2. The van der Waals surface area contributed by atoms with Crippen molar-refractivity contribution in [3.8, 4) is 0 Å². The van der Waals surface area contributed by atoms with Gasteiger partial charge in [-0.3, -0.25) is 30.2 Å². The number of anilines is 2. The molecule has 0 saturated carbocycles. The summed E-state index contributed by atoms with van der Waals surface area (Å²) >= 11 is 0. The Kier molecular flexibility index (Phi) is 6.53.